The monoisotopic (exact) mass is 481 g/mol. The largest absolute Gasteiger partial charge is 0.454 e. The topological polar surface area (TPSA) is 72.5 Å². The van der Waals surface area contributed by atoms with Crippen molar-refractivity contribution in [3.05, 3.63) is 89.4 Å². The second-order valence-electron chi connectivity index (χ2n) is 7.34. The number of benzene rings is 3. The van der Waals surface area contributed by atoms with E-state index in [1.54, 1.807) is 36.0 Å². The van der Waals surface area contributed by atoms with Crippen LogP contribution >= 0.6 is 23.4 Å². The van der Waals surface area contributed by atoms with Gasteiger partial charge in [0, 0.05) is 38.9 Å². The third kappa shape index (κ3) is 8.08. The Bertz CT molecular complexity index is 1090. The Morgan fingerprint density at radius 3 is 2.18 bits per heavy atom. The van der Waals surface area contributed by atoms with E-state index >= 15 is 0 Å². The molecule has 33 heavy (non-hydrogen) atoms. The van der Waals surface area contributed by atoms with Crippen LogP contribution < -0.4 is 5.32 Å². The zero-order chi connectivity index (χ0) is 23.6. The summed E-state index contributed by atoms with van der Waals surface area (Å²) >= 11 is 7.46. The SMILES string of the molecule is CC(OC(=O)CCCC(=O)Nc1ccc(Sc2ccccc2)cc1)C(=O)c1ccc(Cl)cc1. The number of hydrogen-bond donors (Lipinski definition) is 1. The van der Waals surface area contributed by atoms with Gasteiger partial charge in [-0.25, -0.2) is 0 Å². The lowest BCUT2D eigenvalue weighted by Gasteiger charge is -2.12. The Kier molecular flexibility index (Phi) is 9.10. The summed E-state index contributed by atoms with van der Waals surface area (Å²) in [5.74, 6) is -0.997. The van der Waals surface area contributed by atoms with Crippen molar-refractivity contribution in [3.8, 4) is 0 Å². The van der Waals surface area contributed by atoms with E-state index in [1.165, 1.54) is 6.92 Å². The van der Waals surface area contributed by atoms with Crippen LogP contribution in [-0.2, 0) is 14.3 Å². The maximum atomic E-state index is 12.3. The minimum Gasteiger partial charge on any atom is -0.454 e. The van der Waals surface area contributed by atoms with Gasteiger partial charge >= 0.3 is 5.97 Å². The lowest BCUT2D eigenvalue weighted by Crippen LogP contribution is -2.24. The summed E-state index contributed by atoms with van der Waals surface area (Å²) in [6.45, 7) is 1.53. The number of hydrogen-bond acceptors (Lipinski definition) is 5. The van der Waals surface area contributed by atoms with Crippen molar-refractivity contribution in [3.63, 3.8) is 0 Å². The zero-order valence-electron chi connectivity index (χ0n) is 18.1. The summed E-state index contributed by atoms with van der Waals surface area (Å²) in [5.41, 5.74) is 1.12. The predicted octanol–water partition coefficient (Wildman–Crippen LogP) is 6.41. The van der Waals surface area contributed by atoms with Gasteiger partial charge in [-0.1, -0.05) is 41.6 Å². The van der Waals surface area contributed by atoms with Crippen LogP contribution in [0, 0.1) is 0 Å². The Labute approximate surface area is 202 Å². The molecule has 0 fully saturated rings. The third-order valence-corrected chi connectivity index (χ3v) is 5.98. The van der Waals surface area contributed by atoms with E-state index in [0.29, 0.717) is 22.7 Å². The molecule has 0 heterocycles. The highest BCUT2D eigenvalue weighted by Gasteiger charge is 2.19. The molecule has 3 aromatic carbocycles. The molecule has 1 N–H and O–H groups in total. The number of Topliss-reactive ketones (excluding diaryl/α,β-unsaturated/α-hetero) is 1. The van der Waals surface area contributed by atoms with Crippen LogP contribution in [0.2, 0.25) is 5.02 Å². The first-order chi connectivity index (χ1) is 15.9. The van der Waals surface area contributed by atoms with Crippen molar-refractivity contribution in [2.45, 2.75) is 42.1 Å². The quantitative estimate of drug-likeness (QED) is 0.267. The number of amides is 1. The highest BCUT2D eigenvalue weighted by Crippen LogP contribution is 2.28. The van der Waals surface area contributed by atoms with Crippen molar-refractivity contribution in [1.29, 1.82) is 0 Å². The first-order valence-corrected chi connectivity index (χ1v) is 11.7. The van der Waals surface area contributed by atoms with Crippen molar-refractivity contribution in [1.82, 2.24) is 0 Å². The van der Waals surface area contributed by atoms with E-state index in [0.717, 1.165) is 9.79 Å². The second-order valence-corrected chi connectivity index (χ2v) is 8.93. The van der Waals surface area contributed by atoms with Crippen LogP contribution in [0.1, 0.15) is 36.5 Å². The van der Waals surface area contributed by atoms with Gasteiger partial charge in [-0.3, -0.25) is 14.4 Å². The van der Waals surface area contributed by atoms with Crippen LogP contribution in [0.25, 0.3) is 0 Å². The molecule has 3 rings (SSSR count). The maximum absolute atomic E-state index is 12.3. The summed E-state index contributed by atoms with van der Waals surface area (Å²) in [4.78, 5) is 38.8. The van der Waals surface area contributed by atoms with Crippen molar-refractivity contribution in [2.24, 2.45) is 0 Å². The first kappa shape index (κ1) is 24.6. The normalized spacial score (nSPS) is 11.5. The Balaban J connectivity index is 1.37. The minimum atomic E-state index is -0.903. The van der Waals surface area contributed by atoms with Crippen molar-refractivity contribution in [2.75, 3.05) is 5.32 Å². The standard InChI is InChI=1S/C26H24ClNO4S/c1-18(26(31)19-10-12-20(27)13-11-19)32-25(30)9-5-8-24(29)28-21-14-16-23(17-15-21)33-22-6-3-2-4-7-22/h2-4,6-7,10-18H,5,8-9H2,1H3,(H,28,29). The lowest BCUT2D eigenvalue weighted by molar-refractivity contribution is -0.146. The molecule has 0 bridgehead atoms. The number of rotatable bonds is 10. The molecule has 7 heteroatoms. The van der Waals surface area contributed by atoms with Crippen molar-refractivity contribution < 1.29 is 19.1 Å². The molecule has 0 saturated heterocycles. The molecule has 0 saturated carbocycles. The number of nitrogens with one attached hydrogen (secondary N) is 1. The molecule has 1 amide bonds. The number of ether oxygens (including phenoxy) is 1. The Morgan fingerprint density at radius 1 is 0.879 bits per heavy atom. The van der Waals surface area contributed by atoms with Crippen LogP contribution in [-0.4, -0.2) is 23.8 Å². The second kappa shape index (κ2) is 12.2. The van der Waals surface area contributed by atoms with Gasteiger partial charge in [-0.05, 0) is 74.0 Å². The molecule has 0 spiro atoms. The predicted molar refractivity (Wildman–Crippen MR) is 131 cm³/mol. The number of carbonyl (C=O) groups is 3. The Morgan fingerprint density at radius 2 is 1.52 bits per heavy atom. The molecule has 3 aromatic rings. The molecule has 0 aliphatic rings. The first-order valence-electron chi connectivity index (χ1n) is 10.5. The summed E-state index contributed by atoms with van der Waals surface area (Å²) in [6.07, 6.45) is -0.346. The number of esters is 1. The van der Waals surface area contributed by atoms with Gasteiger partial charge in [0.15, 0.2) is 6.10 Å². The highest BCUT2D eigenvalue weighted by molar-refractivity contribution is 7.99. The third-order valence-electron chi connectivity index (χ3n) is 4.71. The van der Waals surface area contributed by atoms with E-state index in [-0.39, 0.29) is 24.5 Å². The summed E-state index contributed by atoms with van der Waals surface area (Å²) in [6, 6.07) is 24.0. The van der Waals surface area contributed by atoms with E-state index in [2.05, 4.69) is 5.32 Å². The number of halogens is 1. The summed E-state index contributed by atoms with van der Waals surface area (Å²) < 4.78 is 5.20. The van der Waals surface area contributed by atoms with E-state index < -0.39 is 12.1 Å². The minimum absolute atomic E-state index is 0.0539. The molecule has 0 aliphatic carbocycles. The van der Waals surface area contributed by atoms with Gasteiger partial charge in [-0.2, -0.15) is 0 Å². The zero-order valence-corrected chi connectivity index (χ0v) is 19.7. The average molecular weight is 482 g/mol. The van der Waals surface area contributed by atoms with Gasteiger partial charge in [0.25, 0.3) is 0 Å². The van der Waals surface area contributed by atoms with E-state index in [9.17, 15) is 14.4 Å². The molecule has 1 atom stereocenters. The van der Waals surface area contributed by atoms with E-state index in [4.69, 9.17) is 16.3 Å². The molecule has 0 aliphatic heterocycles. The molecule has 5 nitrogen and oxygen atoms in total. The van der Waals surface area contributed by atoms with Gasteiger partial charge in [0.2, 0.25) is 11.7 Å². The molecular formula is C26H24ClNO4S. The summed E-state index contributed by atoms with van der Waals surface area (Å²) in [7, 11) is 0. The summed E-state index contributed by atoms with van der Waals surface area (Å²) in [5, 5.41) is 3.35. The molecule has 1 unspecified atom stereocenters. The van der Waals surface area contributed by atoms with Crippen LogP contribution in [0.5, 0.6) is 0 Å². The fourth-order valence-corrected chi connectivity index (χ4v) is 3.97. The molecule has 0 aromatic heterocycles. The average Bonchev–Trinajstić information content (AvgIpc) is 2.81. The van der Waals surface area contributed by atoms with Crippen LogP contribution in [0.3, 0.4) is 0 Å². The van der Waals surface area contributed by atoms with Gasteiger partial charge in [0.05, 0.1) is 0 Å². The lowest BCUT2D eigenvalue weighted by atomic mass is 10.1. The number of ketones is 1. The fraction of sp³-hybridized carbons (Fsp3) is 0.192. The Hall–Kier alpha value is -3.09. The smallest absolute Gasteiger partial charge is 0.306 e. The molecule has 170 valence electrons. The fourth-order valence-electron chi connectivity index (χ4n) is 3.01. The number of carbonyl (C=O) groups excluding carboxylic acids is 3. The van der Waals surface area contributed by atoms with Gasteiger partial charge in [0.1, 0.15) is 0 Å². The van der Waals surface area contributed by atoms with Gasteiger partial charge in [-0.15, -0.1) is 0 Å². The maximum Gasteiger partial charge on any atom is 0.306 e. The van der Waals surface area contributed by atoms with Crippen LogP contribution in [0.15, 0.2) is 88.7 Å². The molecular weight excluding hydrogens is 458 g/mol. The number of anilines is 1. The van der Waals surface area contributed by atoms with Crippen molar-refractivity contribution >= 4 is 46.7 Å². The molecule has 0 radical (unpaired) electrons. The van der Waals surface area contributed by atoms with Crippen LogP contribution in [0.4, 0.5) is 5.69 Å². The van der Waals surface area contributed by atoms with Gasteiger partial charge < -0.3 is 10.1 Å². The van der Waals surface area contributed by atoms with E-state index in [1.807, 2.05) is 54.6 Å². The highest BCUT2D eigenvalue weighted by atomic mass is 35.5.